The minimum atomic E-state index is -2.74. The molecule has 2 fully saturated rings. The summed E-state index contributed by atoms with van der Waals surface area (Å²) >= 11 is 1.50. The average Bonchev–Trinajstić information content (AvgIpc) is 3.59. The number of cyclic esters (lactones) is 1. The summed E-state index contributed by atoms with van der Waals surface area (Å²) in [4.78, 5) is 88.3. The van der Waals surface area contributed by atoms with Crippen LogP contribution in [0.5, 0.6) is 0 Å². The Hall–Kier alpha value is -4.07. The van der Waals surface area contributed by atoms with Gasteiger partial charge in [-0.3, -0.25) is 29.3 Å². The number of ether oxygens (including phenoxy) is 1. The van der Waals surface area contributed by atoms with Crippen LogP contribution in [0.25, 0.3) is 0 Å². The number of aromatic nitrogens is 2. The first-order valence-corrected chi connectivity index (χ1v) is 13.0. The lowest BCUT2D eigenvalue weighted by molar-refractivity contribution is -0.170. The van der Waals surface area contributed by atoms with Gasteiger partial charge in [-0.15, -0.1) is 11.8 Å². The zero-order valence-electron chi connectivity index (χ0n) is 21.8. The lowest BCUT2D eigenvalue weighted by Crippen LogP contribution is -2.60. The van der Waals surface area contributed by atoms with E-state index in [1.54, 1.807) is 0 Å². The SMILES string of the molecule is CC1OC(=O)NC1C(=O)N(C(=O)[C@H]1NCS[C@@H]1C)C(=O)[C@@H](N)Cc1cnc[nH]1.O=C(O)CC(O)(CC(=O)O)C(=O)O. The van der Waals surface area contributed by atoms with Crippen molar-refractivity contribution in [2.24, 2.45) is 5.73 Å². The van der Waals surface area contributed by atoms with E-state index in [-0.39, 0.29) is 11.7 Å². The molecule has 0 aliphatic carbocycles. The molecule has 19 heteroatoms. The van der Waals surface area contributed by atoms with Crippen molar-refractivity contribution in [1.29, 1.82) is 0 Å². The molecule has 0 aromatic carbocycles. The number of rotatable bonds is 10. The van der Waals surface area contributed by atoms with Crippen LogP contribution in [0.4, 0.5) is 4.79 Å². The van der Waals surface area contributed by atoms with E-state index >= 15 is 0 Å². The van der Waals surface area contributed by atoms with Gasteiger partial charge in [0.2, 0.25) is 0 Å². The third-order valence-electron chi connectivity index (χ3n) is 5.95. The monoisotopic (exact) mass is 602 g/mol. The van der Waals surface area contributed by atoms with E-state index in [0.717, 1.165) is 0 Å². The number of carboxylic acid groups (broad SMARTS) is 3. The van der Waals surface area contributed by atoms with Gasteiger partial charge in [0.05, 0.1) is 25.2 Å². The molecule has 2 aliphatic rings. The summed E-state index contributed by atoms with van der Waals surface area (Å²) in [6, 6.07) is -3.01. The van der Waals surface area contributed by atoms with Gasteiger partial charge in [0.15, 0.2) is 5.60 Å². The Balaban J connectivity index is 0.000000383. The van der Waals surface area contributed by atoms with E-state index in [0.29, 0.717) is 16.5 Å². The number of amides is 4. The van der Waals surface area contributed by atoms with Crippen LogP contribution in [-0.2, 0) is 39.9 Å². The van der Waals surface area contributed by atoms with Gasteiger partial charge in [0, 0.05) is 29.4 Å². The molecule has 9 N–H and O–H groups in total. The minimum absolute atomic E-state index is 0.0708. The number of imidazole rings is 1. The molecule has 18 nitrogen and oxygen atoms in total. The molecular weight excluding hydrogens is 572 g/mol. The van der Waals surface area contributed by atoms with Gasteiger partial charge in [-0.1, -0.05) is 6.92 Å². The molecule has 226 valence electrons. The summed E-state index contributed by atoms with van der Waals surface area (Å²) < 4.78 is 4.91. The number of H-pyrrole nitrogens is 1. The fourth-order valence-corrected chi connectivity index (χ4v) is 4.75. The number of carbonyl (C=O) groups excluding carboxylic acids is 4. The van der Waals surface area contributed by atoms with Crippen LogP contribution in [0.3, 0.4) is 0 Å². The van der Waals surface area contributed by atoms with E-state index in [2.05, 4.69) is 20.6 Å². The van der Waals surface area contributed by atoms with Crippen LogP contribution in [0.1, 0.15) is 32.4 Å². The lowest BCUT2D eigenvalue weighted by atomic mass is 9.96. The van der Waals surface area contributed by atoms with Gasteiger partial charge in [0.1, 0.15) is 18.2 Å². The van der Waals surface area contributed by atoms with Gasteiger partial charge in [0.25, 0.3) is 17.7 Å². The Bertz CT molecular complexity index is 1160. The molecule has 0 saturated carbocycles. The van der Waals surface area contributed by atoms with E-state index in [4.69, 9.17) is 30.9 Å². The summed E-state index contributed by atoms with van der Waals surface area (Å²) in [5.41, 5.74) is 3.84. The second kappa shape index (κ2) is 14.0. The highest BCUT2D eigenvalue weighted by molar-refractivity contribution is 8.00. The predicted octanol–water partition coefficient (Wildman–Crippen LogP) is -2.54. The van der Waals surface area contributed by atoms with Gasteiger partial charge >= 0.3 is 24.0 Å². The molecule has 0 bridgehead atoms. The number of nitrogens with two attached hydrogens (primary N) is 1. The molecule has 4 amide bonds. The molecule has 0 radical (unpaired) electrons. The van der Waals surface area contributed by atoms with Crippen molar-refractivity contribution in [2.45, 2.75) is 68.2 Å². The van der Waals surface area contributed by atoms with Crippen LogP contribution in [0.15, 0.2) is 12.5 Å². The van der Waals surface area contributed by atoms with Crippen molar-refractivity contribution in [2.75, 3.05) is 5.88 Å². The molecule has 1 aromatic heterocycles. The van der Waals surface area contributed by atoms with E-state index in [1.807, 2.05) is 6.92 Å². The Morgan fingerprint density at radius 2 is 1.71 bits per heavy atom. The standard InChI is InChI=1S/C16H22N6O5S.C6H8O7/c1-7-11(21-16(26)27-7)14(24)22(15(25)12-8(2)28-6-20-12)13(23)10(17)3-9-4-18-5-19-9;7-3(8)1-6(13,5(11)12)2-4(9)10/h4-5,7-8,10-12,20H,3,6,17H2,1-2H3,(H,18,19)(H,21,26);13H,1-2H2,(H,7,8)(H,9,10)(H,11,12)/t7?,8-,10+,11?,12+;/m1./s1. The number of aliphatic hydroxyl groups is 1. The number of nitrogens with zero attached hydrogens (tertiary/aromatic N) is 2. The number of hydrogen-bond acceptors (Lipinski definition) is 13. The maximum absolute atomic E-state index is 13.1. The molecule has 2 unspecified atom stereocenters. The summed E-state index contributed by atoms with van der Waals surface area (Å²) in [5, 5.41) is 39.0. The second-order valence-electron chi connectivity index (χ2n) is 9.15. The molecule has 41 heavy (non-hydrogen) atoms. The van der Waals surface area contributed by atoms with Crippen molar-refractivity contribution >= 4 is 53.5 Å². The Kier molecular flexibility index (Phi) is 11.3. The third-order valence-corrected chi connectivity index (χ3v) is 7.08. The maximum atomic E-state index is 13.1. The van der Waals surface area contributed by atoms with Crippen molar-refractivity contribution < 1.29 is 58.7 Å². The van der Waals surface area contributed by atoms with Crippen LogP contribution < -0.4 is 16.4 Å². The number of thioether (sulfide) groups is 1. The van der Waals surface area contributed by atoms with Crippen molar-refractivity contribution in [3.63, 3.8) is 0 Å². The molecule has 1 aromatic rings. The highest BCUT2D eigenvalue weighted by Crippen LogP contribution is 2.23. The van der Waals surface area contributed by atoms with Crippen LogP contribution in [0, 0.1) is 0 Å². The minimum Gasteiger partial charge on any atom is -0.481 e. The molecule has 2 aliphatic heterocycles. The molecule has 3 heterocycles. The topological polar surface area (TPSA) is 292 Å². The van der Waals surface area contributed by atoms with Gasteiger partial charge < -0.3 is 41.2 Å². The number of carboxylic acids is 3. The number of alkyl carbamates (subject to hydrolysis) is 1. The zero-order chi connectivity index (χ0) is 31.1. The molecule has 2 saturated heterocycles. The lowest BCUT2D eigenvalue weighted by Gasteiger charge is -2.28. The second-order valence-corrected chi connectivity index (χ2v) is 10.5. The summed E-state index contributed by atoms with van der Waals surface area (Å²) in [6.07, 6.45) is -0.879. The first-order chi connectivity index (χ1) is 19.1. The molecular formula is C22H30N6O12S. The number of carbonyl (C=O) groups is 7. The fourth-order valence-electron chi connectivity index (χ4n) is 3.80. The zero-order valence-corrected chi connectivity index (χ0v) is 22.6. The highest BCUT2D eigenvalue weighted by Gasteiger charge is 2.46. The summed E-state index contributed by atoms with van der Waals surface area (Å²) in [6.45, 7) is 3.33. The Morgan fingerprint density at radius 1 is 1.12 bits per heavy atom. The van der Waals surface area contributed by atoms with Crippen LogP contribution >= 0.6 is 11.8 Å². The molecule has 0 spiro atoms. The summed E-state index contributed by atoms with van der Waals surface area (Å²) in [5.74, 6) is -6.90. The highest BCUT2D eigenvalue weighted by atomic mass is 32.2. The number of aromatic amines is 1. The number of hydrogen-bond donors (Lipinski definition) is 8. The van der Waals surface area contributed by atoms with Crippen LogP contribution in [-0.4, -0.2) is 118 Å². The van der Waals surface area contributed by atoms with Gasteiger partial charge in [-0.25, -0.2) is 19.5 Å². The normalized spacial score (nSPS) is 22.4. The predicted molar refractivity (Wildman–Crippen MR) is 136 cm³/mol. The average molecular weight is 603 g/mol. The largest absolute Gasteiger partial charge is 0.481 e. The van der Waals surface area contributed by atoms with E-state index in [9.17, 15) is 33.6 Å². The molecule has 3 rings (SSSR count). The Labute approximate surface area is 236 Å². The first-order valence-electron chi connectivity index (χ1n) is 11.9. The summed E-state index contributed by atoms with van der Waals surface area (Å²) in [7, 11) is 0. The van der Waals surface area contributed by atoms with Crippen molar-refractivity contribution in [3.8, 4) is 0 Å². The number of nitrogens with one attached hydrogen (secondary N) is 3. The van der Waals surface area contributed by atoms with Crippen molar-refractivity contribution in [1.82, 2.24) is 25.5 Å². The van der Waals surface area contributed by atoms with E-state index < -0.39 is 84.4 Å². The maximum Gasteiger partial charge on any atom is 0.408 e. The first kappa shape index (κ1) is 33.1. The van der Waals surface area contributed by atoms with E-state index in [1.165, 1.54) is 31.2 Å². The van der Waals surface area contributed by atoms with Gasteiger partial charge in [-0.05, 0) is 6.92 Å². The van der Waals surface area contributed by atoms with Crippen molar-refractivity contribution in [3.05, 3.63) is 18.2 Å². The third kappa shape index (κ3) is 8.71. The molecule has 5 atom stereocenters. The fraction of sp³-hybridized carbons (Fsp3) is 0.545. The smallest absolute Gasteiger partial charge is 0.408 e. The van der Waals surface area contributed by atoms with Gasteiger partial charge in [-0.2, -0.15) is 0 Å². The van der Waals surface area contributed by atoms with Crippen LogP contribution in [0.2, 0.25) is 0 Å². The number of aliphatic carboxylic acids is 3. The Morgan fingerprint density at radius 3 is 2.12 bits per heavy atom. The number of imide groups is 3. The quantitative estimate of drug-likeness (QED) is 0.128.